The van der Waals surface area contributed by atoms with Gasteiger partial charge >= 0.3 is 0 Å². The van der Waals surface area contributed by atoms with Gasteiger partial charge < -0.3 is 14.7 Å². The predicted octanol–water partition coefficient (Wildman–Crippen LogP) is 3.12. The van der Waals surface area contributed by atoms with Crippen LogP contribution in [0.5, 0.6) is 0 Å². The van der Waals surface area contributed by atoms with Gasteiger partial charge in [-0.2, -0.15) is 0 Å². The quantitative estimate of drug-likeness (QED) is 0.564. The molecule has 7 heteroatoms. The van der Waals surface area contributed by atoms with E-state index in [-0.39, 0.29) is 11.1 Å². The van der Waals surface area contributed by atoms with Gasteiger partial charge in [0, 0.05) is 28.8 Å². The minimum Gasteiger partial charge on any atom is -0.449 e. The Kier molecular flexibility index (Phi) is 3.87. The predicted molar refractivity (Wildman–Crippen MR) is 94.6 cm³/mol. The molecule has 0 saturated carbocycles. The monoisotopic (exact) mass is 384 g/mol. The van der Waals surface area contributed by atoms with Gasteiger partial charge in [0.25, 0.3) is 5.56 Å². The zero-order valence-corrected chi connectivity index (χ0v) is 14.1. The van der Waals surface area contributed by atoms with Crippen molar-refractivity contribution in [3.05, 3.63) is 68.9 Å². The summed E-state index contributed by atoms with van der Waals surface area (Å²) < 4.78 is 6.53. The first-order chi connectivity index (χ1) is 11.7. The molecule has 2 N–H and O–H groups in total. The average molecular weight is 385 g/mol. The molecule has 0 radical (unpaired) electrons. The molecule has 1 aromatic carbocycles. The van der Waals surface area contributed by atoms with Crippen LogP contribution in [0.3, 0.4) is 0 Å². The fraction of sp³-hybridized carbons (Fsp3) is 0.118. The molecule has 6 nitrogen and oxygen atoms in total. The molecule has 0 bridgehead atoms. The number of furan rings is 1. The molecule has 0 unspecified atom stereocenters. The fourth-order valence-corrected chi connectivity index (χ4v) is 2.94. The maximum absolute atomic E-state index is 12.3. The summed E-state index contributed by atoms with van der Waals surface area (Å²) in [4.78, 5) is 23.6. The van der Waals surface area contributed by atoms with Crippen LogP contribution in [-0.2, 0) is 13.1 Å². The Bertz CT molecular complexity index is 1070. The van der Waals surface area contributed by atoms with Crippen molar-refractivity contribution in [1.29, 1.82) is 0 Å². The lowest BCUT2D eigenvalue weighted by molar-refractivity contribution is 0.644. The van der Waals surface area contributed by atoms with Crippen LogP contribution in [-0.4, -0.2) is 15.0 Å². The highest BCUT2D eigenvalue weighted by Gasteiger charge is 2.13. The van der Waals surface area contributed by atoms with E-state index in [1.54, 1.807) is 12.4 Å². The Hall–Kier alpha value is -2.51. The zero-order valence-electron chi connectivity index (χ0n) is 12.5. The van der Waals surface area contributed by atoms with E-state index in [2.05, 4.69) is 36.2 Å². The van der Waals surface area contributed by atoms with Crippen molar-refractivity contribution >= 4 is 38.0 Å². The summed E-state index contributed by atoms with van der Waals surface area (Å²) in [5.41, 5.74) is 2.32. The third kappa shape index (κ3) is 2.83. The maximum Gasteiger partial charge on any atom is 0.294 e. The lowest BCUT2D eigenvalue weighted by Gasteiger charge is -2.04. The largest absolute Gasteiger partial charge is 0.449 e. The first kappa shape index (κ1) is 15.0. The molecule has 3 heterocycles. The van der Waals surface area contributed by atoms with Gasteiger partial charge in [-0.15, -0.1) is 0 Å². The van der Waals surface area contributed by atoms with E-state index in [0.717, 1.165) is 15.4 Å². The van der Waals surface area contributed by atoms with E-state index in [1.807, 2.05) is 30.3 Å². The van der Waals surface area contributed by atoms with Crippen molar-refractivity contribution < 1.29 is 4.42 Å². The second-order valence-electron chi connectivity index (χ2n) is 5.39. The number of aromatic amines is 1. The Morgan fingerprint density at radius 3 is 2.83 bits per heavy atom. The lowest BCUT2D eigenvalue weighted by Crippen LogP contribution is -2.18. The summed E-state index contributed by atoms with van der Waals surface area (Å²) >= 11 is 3.43. The highest BCUT2D eigenvalue weighted by molar-refractivity contribution is 9.10. The zero-order chi connectivity index (χ0) is 16.5. The van der Waals surface area contributed by atoms with Crippen molar-refractivity contribution in [3.8, 4) is 0 Å². The van der Waals surface area contributed by atoms with Gasteiger partial charge in [-0.1, -0.05) is 15.9 Å². The van der Waals surface area contributed by atoms with E-state index in [4.69, 9.17) is 4.42 Å². The van der Waals surface area contributed by atoms with Gasteiger partial charge in [-0.05, 0) is 35.9 Å². The van der Waals surface area contributed by atoms with Gasteiger partial charge in [-0.3, -0.25) is 9.78 Å². The molecular formula is C17H13BrN4O2. The molecule has 0 amide bonds. The molecule has 24 heavy (non-hydrogen) atoms. The number of benzene rings is 1. The smallest absolute Gasteiger partial charge is 0.294 e. The van der Waals surface area contributed by atoms with Crippen LogP contribution in [0.25, 0.3) is 22.1 Å². The molecule has 0 fully saturated rings. The second-order valence-corrected chi connectivity index (χ2v) is 6.31. The summed E-state index contributed by atoms with van der Waals surface area (Å²) in [6, 6.07) is 9.47. The van der Waals surface area contributed by atoms with Crippen LogP contribution in [0.1, 0.15) is 11.4 Å². The maximum atomic E-state index is 12.3. The first-order valence-corrected chi connectivity index (χ1v) is 8.20. The van der Waals surface area contributed by atoms with Crippen LogP contribution < -0.4 is 10.9 Å². The van der Waals surface area contributed by atoms with E-state index in [0.29, 0.717) is 30.0 Å². The molecular weight excluding hydrogens is 372 g/mol. The van der Waals surface area contributed by atoms with Crippen LogP contribution in [0.2, 0.25) is 0 Å². The van der Waals surface area contributed by atoms with Gasteiger partial charge in [0.05, 0.1) is 6.54 Å². The molecule has 4 aromatic rings. The molecule has 0 aliphatic rings. The van der Waals surface area contributed by atoms with E-state index < -0.39 is 0 Å². The Labute approximate surface area is 145 Å². The van der Waals surface area contributed by atoms with Crippen molar-refractivity contribution in [3.63, 3.8) is 0 Å². The molecule has 0 spiro atoms. The molecule has 120 valence electrons. The number of hydrogen-bond acceptors (Lipinski definition) is 5. The highest BCUT2D eigenvalue weighted by Crippen LogP contribution is 2.27. The first-order valence-electron chi connectivity index (χ1n) is 7.41. The van der Waals surface area contributed by atoms with Gasteiger partial charge in [0.2, 0.25) is 5.58 Å². The third-order valence-electron chi connectivity index (χ3n) is 3.71. The number of halogens is 1. The van der Waals surface area contributed by atoms with E-state index >= 15 is 0 Å². The van der Waals surface area contributed by atoms with Crippen LogP contribution >= 0.6 is 15.9 Å². The minimum absolute atomic E-state index is 0.251. The molecule has 4 rings (SSSR count). The van der Waals surface area contributed by atoms with Gasteiger partial charge in [0.1, 0.15) is 16.9 Å². The third-order valence-corrected chi connectivity index (χ3v) is 4.20. The van der Waals surface area contributed by atoms with Crippen molar-refractivity contribution in [2.45, 2.75) is 13.1 Å². The van der Waals surface area contributed by atoms with Crippen LogP contribution in [0.4, 0.5) is 0 Å². The summed E-state index contributed by atoms with van der Waals surface area (Å²) in [6.07, 6.45) is 3.50. The van der Waals surface area contributed by atoms with Gasteiger partial charge in [0.15, 0.2) is 0 Å². The number of fused-ring (bicyclic) bond motifs is 3. The number of nitrogens with zero attached hydrogens (tertiary/aromatic N) is 2. The Morgan fingerprint density at radius 2 is 2.00 bits per heavy atom. The Morgan fingerprint density at radius 1 is 1.17 bits per heavy atom. The number of pyridine rings is 1. The fourth-order valence-electron chi connectivity index (χ4n) is 2.58. The molecule has 0 aliphatic carbocycles. The molecule has 0 saturated heterocycles. The van der Waals surface area contributed by atoms with E-state index in [9.17, 15) is 4.79 Å². The minimum atomic E-state index is -0.270. The lowest BCUT2D eigenvalue weighted by atomic mass is 10.2. The standard InChI is InChI=1S/C17H13BrN4O2/c18-11-1-2-13-12(7-11)15-16(24-13)17(23)22-14(21-15)9-20-8-10-3-5-19-6-4-10/h1-7,20H,8-9H2,(H,21,22,23). The number of aromatic nitrogens is 3. The van der Waals surface area contributed by atoms with Crippen molar-refractivity contribution in [2.24, 2.45) is 0 Å². The van der Waals surface area contributed by atoms with E-state index in [1.165, 1.54) is 0 Å². The topological polar surface area (TPSA) is 83.8 Å². The van der Waals surface area contributed by atoms with Crippen molar-refractivity contribution in [2.75, 3.05) is 0 Å². The summed E-state index contributed by atoms with van der Waals surface area (Å²) in [6.45, 7) is 1.12. The number of H-pyrrole nitrogens is 1. The van der Waals surface area contributed by atoms with Crippen LogP contribution in [0, 0.1) is 0 Å². The van der Waals surface area contributed by atoms with Crippen LogP contribution in [0.15, 0.2) is 56.4 Å². The van der Waals surface area contributed by atoms with Crippen molar-refractivity contribution in [1.82, 2.24) is 20.3 Å². The number of rotatable bonds is 4. The summed E-state index contributed by atoms with van der Waals surface area (Å²) in [5, 5.41) is 4.08. The summed E-state index contributed by atoms with van der Waals surface area (Å²) in [5.74, 6) is 0.573. The molecule has 3 aromatic heterocycles. The summed E-state index contributed by atoms with van der Waals surface area (Å²) in [7, 11) is 0. The normalized spacial score (nSPS) is 11.4. The average Bonchev–Trinajstić information content (AvgIpc) is 2.95. The second kappa shape index (κ2) is 6.18. The Balaban J connectivity index is 1.65. The SMILES string of the molecule is O=c1[nH]c(CNCc2ccncc2)nc2c1oc1ccc(Br)cc12. The number of nitrogens with one attached hydrogen (secondary N) is 2. The number of hydrogen-bond donors (Lipinski definition) is 2. The molecule has 0 atom stereocenters. The highest BCUT2D eigenvalue weighted by atomic mass is 79.9. The molecule has 0 aliphatic heterocycles. The van der Waals surface area contributed by atoms with Gasteiger partial charge in [-0.25, -0.2) is 4.98 Å².